The number of ketones is 1. The zero-order valence-electron chi connectivity index (χ0n) is 20.6. The molecule has 0 spiro atoms. The highest BCUT2D eigenvalue weighted by Gasteiger charge is 2.51. The van der Waals surface area contributed by atoms with Crippen LogP contribution in [0.5, 0.6) is 0 Å². The van der Waals surface area contributed by atoms with E-state index in [0.29, 0.717) is 24.2 Å². The number of Topliss-reactive ketones (excluding diaryl/α,β-unsaturated/α-hetero) is 1. The molecular weight excluding hydrogens is 412 g/mol. The molecule has 3 heterocycles. The summed E-state index contributed by atoms with van der Waals surface area (Å²) in [6.45, 7) is 11.2. The van der Waals surface area contributed by atoms with E-state index < -0.39 is 5.41 Å². The molecule has 1 aliphatic carbocycles. The molecular formula is C27H38N4O2. The molecule has 178 valence electrons. The fraction of sp³-hybridized carbons (Fsp3) is 0.593. The van der Waals surface area contributed by atoms with E-state index in [4.69, 9.17) is 9.72 Å². The van der Waals surface area contributed by atoms with Crippen molar-refractivity contribution >= 4 is 23.0 Å². The number of ether oxygens (including phenoxy) is 1. The Morgan fingerprint density at radius 1 is 1.21 bits per heavy atom. The third-order valence-electron chi connectivity index (χ3n) is 6.81. The van der Waals surface area contributed by atoms with E-state index in [-0.39, 0.29) is 0 Å². The van der Waals surface area contributed by atoms with Crippen LogP contribution < -0.4 is 10.2 Å². The van der Waals surface area contributed by atoms with Gasteiger partial charge in [-0.2, -0.15) is 0 Å². The van der Waals surface area contributed by atoms with Crippen molar-refractivity contribution in [3.05, 3.63) is 41.9 Å². The van der Waals surface area contributed by atoms with E-state index in [0.717, 1.165) is 80.3 Å². The van der Waals surface area contributed by atoms with Gasteiger partial charge in [0.15, 0.2) is 0 Å². The van der Waals surface area contributed by atoms with Crippen molar-refractivity contribution in [2.24, 2.45) is 5.92 Å². The molecule has 1 saturated carbocycles. The first-order valence-corrected chi connectivity index (χ1v) is 12.5. The second-order valence-electron chi connectivity index (χ2n) is 10.1. The Morgan fingerprint density at radius 2 is 1.97 bits per heavy atom. The number of hydrogen-bond donors (Lipinski definition) is 1. The van der Waals surface area contributed by atoms with Gasteiger partial charge in [0.25, 0.3) is 0 Å². The van der Waals surface area contributed by atoms with Crippen LogP contribution in [0.3, 0.4) is 0 Å². The van der Waals surface area contributed by atoms with Crippen LogP contribution in [0, 0.1) is 12.8 Å². The van der Waals surface area contributed by atoms with E-state index in [1.54, 1.807) is 0 Å². The summed E-state index contributed by atoms with van der Waals surface area (Å²) in [5, 5.41) is 3.57. The van der Waals surface area contributed by atoms with Gasteiger partial charge in [-0.05, 0) is 62.6 Å². The Kier molecular flexibility index (Phi) is 7.32. The predicted molar refractivity (Wildman–Crippen MR) is 133 cm³/mol. The summed E-state index contributed by atoms with van der Waals surface area (Å²) < 4.78 is 5.64. The van der Waals surface area contributed by atoms with E-state index in [9.17, 15) is 4.79 Å². The van der Waals surface area contributed by atoms with Crippen LogP contribution in [-0.4, -0.2) is 41.6 Å². The van der Waals surface area contributed by atoms with Crippen molar-refractivity contribution in [2.75, 3.05) is 30.0 Å². The van der Waals surface area contributed by atoms with Crippen LogP contribution in [0.4, 0.5) is 17.2 Å². The van der Waals surface area contributed by atoms with E-state index in [1.807, 2.05) is 25.4 Å². The van der Waals surface area contributed by atoms with Gasteiger partial charge in [-0.25, -0.2) is 4.98 Å². The minimum atomic E-state index is -0.396. The fourth-order valence-electron chi connectivity index (χ4n) is 4.82. The van der Waals surface area contributed by atoms with Crippen LogP contribution in [0.15, 0.2) is 30.6 Å². The molecule has 0 bridgehead atoms. The lowest BCUT2D eigenvalue weighted by molar-refractivity contribution is -0.121. The average molecular weight is 451 g/mol. The lowest BCUT2D eigenvalue weighted by Gasteiger charge is -2.38. The van der Waals surface area contributed by atoms with Gasteiger partial charge >= 0.3 is 0 Å². The summed E-state index contributed by atoms with van der Waals surface area (Å²) in [5.41, 5.74) is 3.70. The number of anilines is 3. The van der Waals surface area contributed by atoms with Crippen LogP contribution in [0.2, 0.25) is 0 Å². The average Bonchev–Trinajstić information content (AvgIpc) is 3.62. The maximum atomic E-state index is 12.9. The van der Waals surface area contributed by atoms with Gasteiger partial charge in [0, 0.05) is 38.4 Å². The van der Waals surface area contributed by atoms with Crippen LogP contribution in [0.25, 0.3) is 0 Å². The van der Waals surface area contributed by atoms with Crippen LogP contribution in [0.1, 0.15) is 70.6 Å². The van der Waals surface area contributed by atoms with E-state index >= 15 is 0 Å². The molecule has 1 aliphatic heterocycles. The Labute approximate surface area is 198 Å². The lowest BCUT2D eigenvalue weighted by Crippen LogP contribution is -2.42. The van der Waals surface area contributed by atoms with E-state index in [2.05, 4.69) is 48.1 Å². The second-order valence-corrected chi connectivity index (χ2v) is 10.1. The molecule has 33 heavy (non-hydrogen) atoms. The third kappa shape index (κ3) is 5.37. The summed E-state index contributed by atoms with van der Waals surface area (Å²) in [7, 11) is 0. The number of carbonyl (C=O) groups is 1. The molecule has 2 aromatic heterocycles. The molecule has 0 amide bonds. The first-order valence-electron chi connectivity index (χ1n) is 12.5. The Morgan fingerprint density at radius 3 is 2.58 bits per heavy atom. The van der Waals surface area contributed by atoms with Gasteiger partial charge < -0.3 is 15.0 Å². The predicted octanol–water partition coefficient (Wildman–Crippen LogP) is 5.57. The van der Waals surface area contributed by atoms with Crippen molar-refractivity contribution in [1.82, 2.24) is 9.97 Å². The Bertz CT molecular complexity index is 947. The van der Waals surface area contributed by atoms with Crippen molar-refractivity contribution in [3.8, 4) is 0 Å². The second kappa shape index (κ2) is 10.2. The number of hydrogen-bond acceptors (Lipinski definition) is 6. The molecule has 1 N–H and O–H groups in total. The molecule has 4 rings (SSSR count). The maximum Gasteiger partial charge on any atom is 0.144 e. The number of pyridine rings is 2. The molecule has 1 saturated heterocycles. The summed E-state index contributed by atoms with van der Waals surface area (Å²) in [6, 6.07) is 6.60. The van der Waals surface area contributed by atoms with Crippen LogP contribution >= 0.6 is 0 Å². The molecule has 6 nitrogen and oxygen atoms in total. The molecule has 0 aromatic carbocycles. The number of nitrogens with one attached hydrogen (secondary N) is 1. The minimum Gasteiger partial charge on any atom is -0.381 e. The van der Waals surface area contributed by atoms with Gasteiger partial charge in [0.2, 0.25) is 0 Å². The first-order chi connectivity index (χ1) is 15.9. The lowest BCUT2D eigenvalue weighted by atomic mass is 9.92. The first kappa shape index (κ1) is 23.7. The van der Waals surface area contributed by atoms with Crippen molar-refractivity contribution in [2.45, 2.75) is 77.7 Å². The van der Waals surface area contributed by atoms with Gasteiger partial charge in [-0.1, -0.05) is 26.8 Å². The highest BCUT2D eigenvalue weighted by atomic mass is 16.5. The topological polar surface area (TPSA) is 67.4 Å². The molecule has 6 heteroatoms. The van der Waals surface area contributed by atoms with Gasteiger partial charge in [-0.3, -0.25) is 9.78 Å². The summed E-state index contributed by atoms with van der Waals surface area (Å²) in [5.74, 6) is 1.65. The number of aromatic nitrogens is 2. The summed E-state index contributed by atoms with van der Waals surface area (Å²) >= 11 is 0. The number of aryl methyl sites for hydroxylation is 1. The third-order valence-corrected chi connectivity index (χ3v) is 6.81. The molecule has 0 unspecified atom stereocenters. The smallest absolute Gasteiger partial charge is 0.144 e. The standard InChI is InChI=1S/C27H38N4O2/c1-5-6-25(32)27(11-12-27)24-15-22(30-26-8-7-20(4)16-29-26)23(17-28-24)31(18-19(2)3)21-9-13-33-14-10-21/h7-8,15-17,19,21H,5-6,9-14,18H2,1-4H3,(H,28,29,30). The molecule has 2 fully saturated rings. The van der Waals surface area contributed by atoms with Crippen molar-refractivity contribution in [1.29, 1.82) is 0 Å². The van der Waals surface area contributed by atoms with Gasteiger partial charge in [0.1, 0.15) is 11.6 Å². The Hall–Kier alpha value is -2.47. The number of nitrogens with zero attached hydrogens (tertiary/aromatic N) is 3. The molecule has 2 aromatic rings. The normalized spacial score (nSPS) is 17.7. The minimum absolute atomic E-state index is 0.327. The summed E-state index contributed by atoms with van der Waals surface area (Å²) in [6.07, 6.45) is 9.18. The number of rotatable bonds is 10. The number of carbonyl (C=O) groups excluding carboxylic acids is 1. The monoisotopic (exact) mass is 450 g/mol. The molecule has 0 atom stereocenters. The maximum absolute atomic E-state index is 12.9. The molecule has 2 aliphatic rings. The highest BCUT2D eigenvalue weighted by Crippen LogP contribution is 2.50. The van der Waals surface area contributed by atoms with Gasteiger partial charge in [0.05, 0.1) is 28.7 Å². The SMILES string of the molecule is CCCC(=O)C1(c2cc(Nc3ccc(C)cn3)c(N(CC(C)C)C3CCOCC3)cn2)CC1. The quantitative estimate of drug-likeness (QED) is 0.510. The zero-order chi connectivity index (χ0) is 23.4. The summed E-state index contributed by atoms with van der Waals surface area (Å²) in [4.78, 5) is 24.9. The van der Waals surface area contributed by atoms with Crippen LogP contribution in [-0.2, 0) is 14.9 Å². The zero-order valence-corrected chi connectivity index (χ0v) is 20.6. The van der Waals surface area contributed by atoms with Crippen molar-refractivity contribution in [3.63, 3.8) is 0 Å². The van der Waals surface area contributed by atoms with E-state index in [1.165, 1.54) is 0 Å². The molecule has 0 radical (unpaired) electrons. The van der Waals surface area contributed by atoms with Gasteiger partial charge in [-0.15, -0.1) is 0 Å². The fourth-order valence-corrected chi connectivity index (χ4v) is 4.82. The Balaban J connectivity index is 1.74. The van der Waals surface area contributed by atoms with Crippen molar-refractivity contribution < 1.29 is 9.53 Å². The largest absolute Gasteiger partial charge is 0.381 e. The highest BCUT2D eigenvalue weighted by molar-refractivity contribution is 5.93.